The fourth-order valence-electron chi connectivity index (χ4n) is 3.00. The summed E-state index contributed by atoms with van der Waals surface area (Å²) in [5.41, 5.74) is 8.93. The Hall–Kier alpha value is -2.36. The number of benzene rings is 2. The molecule has 3 N–H and O–H groups in total. The van der Waals surface area contributed by atoms with Gasteiger partial charge in [-0.2, -0.15) is 0 Å². The summed E-state index contributed by atoms with van der Waals surface area (Å²) in [6.45, 7) is 0.492. The predicted molar refractivity (Wildman–Crippen MR) is 94.1 cm³/mol. The molecule has 0 saturated heterocycles. The predicted octanol–water partition coefficient (Wildman–Crippen LogP) is 4.21. The molecule has 23 heavy (non-hydrogen) atoms. The minimum absolute atomic E-state index is 0.492. The molecule has 1 aliphatic rings. The molecule has 0 amide bonds. The number of ether oxygens (including phenoxy) is 2. The lowest BCUT2D eigenvalue weighted by atomic mass is 10.2. The molecule has 2 aromatic rings. The summed E-state index contributed by atoms with van der Waals surface area (Å²) in [5.74, 6) is 1.38. The van der Waals surface area contributed by atoms with E-state index in [0.717, 1.165) is 11.3 Å². The summed E-state index contributed by atoms with van der Waals surface area (Å²) in [7, 11) is 1.65. The van der Waals surface area contributed by atoms with Gasteiger partial charge >= 0.3 is 0 Å². The first-order valence-corrected chi connectivity index (χ1v) is 8.17. The van der Waals surface area contributed by atoms with Crippen molar-refractivity contribution < 1.29 is 9.47 Å². The normalized spacial score (nSPS) is 14.7. The van der Waals surface area contributed by atoms with Crippen molar-refractivity contribution in [3.05, 3.63) is 48.0 Å². The highest BCUT2D eigenvalue weighted by molar-refractivity contribution is 5.72. The van der Waals surface area contributed by atoms with Crippen LogP contribution in [0.4, 0.5) is 11.4 Å². The Bertz CT molecular complexity index is 637. The molecule has 4 nitrogen and oxygen atoms in total. The number of methoxy groups -OCH3 is 1. The Morgan fingerprint density at radius 3 is 2.52 bits per heavy atom. The van der Waals surface area contributed by atoms with Gasteiger partial charge in [-0.15, -0.1) is 0 Å². The van der Waals surface area contributed by atoms with E-state index in [1.165, 1.54) is 25.7 Å². The molecule has 2 aromatic carbocycles. The summed E-state index contributed by atoms with van der Waals surface area (Å²) in [5, 5.41) is 3.52. The van der Waals surface area contributed by atoms with E-state index < -0.39 is 0 Å². The minimum atomic E-state index is 0.492. The summed E-state index contributed by atoms with van der Waals surface area (Å²) < 4.78 is 11.4. The first-order chi connectivity index (χ1) is 11.3. The van der Waals surface area contributed by atoms with Gasteiger partial charge < -0.3 is 20.5 Å². The third kappa shape index (κ3) is 3.89. The summed E-state index contributed by atoms with van der Waals surface area (Å²) in [6, 6.07) is 14.4. The van der Waals surface area contributed by atoms with E-state index in [0.29, 0.717) is 29.8 Å². The topological polar surface area (TPSA) is 56.5 Å². The number of hydrogen-bond donors (Lipinski definition) is 2. The van der Waals surface area contributed by atoms with Crippen LogP contribution < -0.4 is 20.5 Å². The van der Waals surface area contributed by atoms with Crippen LogP contribution in [0.15, 0.2) is 42.5 Å². The maximum atomic E-state index is 6.19. The van der Waals surface area contributed by atoms with E-state index in [-0.39, 0.29) is 0 Å². The fourth-order valence-corrected chi connectivity index (χ4v) is 3.00. The zero-order valence-corrected chi connectivity index (χ0v) is 13.5. The van der Waals surface area contributed by atoms with Gasteiger partial charge in [0.1, 0.15) is 6.61 Å². The Kier molecular flexibility index (Phi) is 4.91. The van der Waals surface area contributed by atoms with Gasteiger partial charge in [-0.1, -0.05) is 43.2 Å². The van der Waals surface area contributed by atoms with Crippen molar-refractivity contribution >= 4 is 11.4 Å². The molecule has 0 aliphatic heterocycles. The van der Waals surface area contributed by atoms with Crippen LogP contribution in [-0.4, -0.2) is 13.2 Å². The highest BCUT2D eigenvalue weighted by atomic mass is 16.5. The van der Waals surface area contributed by atoms with Crippen LogP contribution in [-0.2, 0) is 6.61 Å². The van der Waals surface area contributed by atoms with Crippen LogP contribution in [0.5, 0.6) is 11.5 Å². The monoisotopic (exact) mass is 312 g/mol. The van der Waals surface area contributed by atoms with Crippen molar-refractivity contribution in [3.8, 4) is 11.5 Å². The zero-order chi connectivity index (χ0) is 16.1. The molecule has 1 fully saturated rings. The van der Waals surface area contributed by atoms with Crippen molar-refractivity contribution in [1.82, 2.24) is 0 Å². The number of nitrogen functional groups attached to an aromatic ring is 1. The van der Waals surface area contributed by atoms with Gasteiger partial charge in [0.15, 0.2) is 11.5 Å². The highest BCUT2D eigenvalue weighted by Gasteiger charge is 2.17. The molecular weight excluding hydrogens is 288 g/mol. The third-order valence-corrected chi connectivity index (χ3v) is 4.29. The maximum absolute atomic E-state index is 6.19. The van der Waals surface area contributed by atoms with Gasteiger partial charge in [-0.05, 0) is 18.4 Å². The average molecular weight is 312 g/mol. The first kappa shape index (κ1) is 15.5. The van der Waals surface area contributed by atoms with Crippen LogP contribution in [0.3, 0.4) is 0 Å². The second kappa shape index (κ2) is 7.27. The second-order valence-corrected chi connectivity index (χ2v) is 5.99. The quantitative estimate of drug-likeness (QED) is 0.785. The number of hydrogen-bond acceptors (Lipinski definition) is 4. The van der Waals surface area contributed by atoms with Crippen LogP contribution in [0, 0.1) is 0 Å². The van der Waals surface area contributed by atoms with Crippen molar-refractivity contribution in [2.75, 3.05) is 18.2 Å². The molecule has 0 heterocycles. The molecule has 0 bridgehead atoms. The fraction of sp³-hybridized carbons (Fsp3) is 0.368. The van der Waals surface area contributed by atoms with E-state index in [1.807, 2.05) is 42.5 Å². The van der Waals surface area contributed by atoms with Crippen molar-refractivity contribution in [1.29, 1.82) is 0 Å². The molecule has 0 radical (unpaired) electrons. The van der Waals surface area contributed by atoms with E-state index >= 15 is 0 Å². The Labute approximate surface area is 137 Å². The number of anilines is 2. The van der Waals surface area contributed by atoms with Crippen LogP contribution in [0.25, 0.3) is 0 Å². The van der Waals surface area contributed by atoms with Gasteiger partial charge in [-0.25, -0.2) is 0 Å². The molecule has 3 rings (SSSR count). The maximum Gasteiger partial charge on any atom is 0.163 e. The highest BCUT2D eigenvalue weighted by Crippen LogP contribution is 2.37. The van der Waals surface area contributed by atoms with Crippen LogP contribution >= 0.6 is 0 Å². The standard InChI is InChI=1S/C19H24N2O2/c1-22-18-12-17(21-15-9-5-6-10-15)16(20)11-19(18)23-13-14-7-3-2-4-8-14/h2-4,7-8,11-12,15,21H,5-6,9-10,13,20H2,1H3. The first-order valence-electron chi connectivity index (χ1n) is 8.17. The summed E-state index contributed by atoms with van der Waals surface area (Å²) in [6.07, 6.45) is 4.97. The molecule has 4 heteroatoms. The number of nitrogens with two attached hydrogens (primary N) is 1. The summed E-state index contributed by atoms with van der Waals surface area (Å²) >= 11 is 0. The molecule has 0 unspecified atom stereocenters. The lowest BCUT2D eigenvalue weighted by molar-refractivity contribution is 0.285. The van der Waals surface area contributed by atoms with Gasteiger partial charge in [0.25, 0.3) is 0 Å². The average Bonchev–Trinajstić information content (AvgIpc) is 3.09. The molecule has 1 aliphatic carbocycles. The lowest BCUT2D eigenvalue weighted by Gasteiger charge is -2.18. The van der Waals surface area contributed by atoms with E-state index in [4.69, 9.17) is 15.2 Å². The molecule has 0 spiro atoms. The van der Waals surface area contributed by atoms with E-state index in [1.54, 1.807) is 7.11 Å². The third-order valence-electron chi connectivity index (χ3n) is 4.29. The Balaban J connectivity index is 1.73. The van der Waals surface area contributed by atoms with Gasteiger partial charge in [0, 0.05) is 18.2 Å². The number of rotatable bonds is 6. The summed E-state index contributed by atoms with van der Waals surface area (Å²) in [4.78, 5) is 0. The van der Waals surface area contributed by atoms with Gasteiger partial charge in [0.2, 0.25) is 0 Å². The van der Waals surface area contributed by atoms with E-state index in [9.17, 15) is 0 Å². The molecule has 1 saturated carbocycles. The largest absolute Gasteiger partial charge is 0.493 e. The van der Waals surface area contributed by atoms with Crippen LogP contribution in [0.1, 0.15) is 31.2 Å². The van der Waals surface area contributed by atoms with Crippen molar-refractivity contribution in [2.45, 2.75) is 38.3 Å². The minimum Gasteiger partial charge on any atom is -0.493 e. The SMILES string of the molecule is COc1cc(NC2CCCC2)c(N)cc1OCc1ccccc1. The molecular formula is C19H24N2O2. The Morgan fingerprint density at radius 1 is 1.09 bits per heavy atom. The van der Waals surface area contributed by atoms with Crippen LogP contribution in [0.2, 0.25) is 0 Å². The molecule has 0 aromatic heterocycles. The smallest absolute Gasteiger partial charge is 0.163 e. The van der Waals surface area contributed by atoms with Crippen molar-refractivity contribution in [3.63, 3.8) is 0 Å². The molecule has 122 valence electrons. The van der Waals surface area contributed by atoms with Crippen molar-refractivity contribution in [2.24, 2.45) is 0 Å². The molecule has 0 atom stereocenters. The lowest BCUT2D eigenvalue weighted by Crippen LogP contribution is -2.15. The van der Waals surface area contributed by atoms with E-state index in [2.05, 4.69) is 5.32 Å². The van der Waals surface area contributed by atoms with Gasteiger partial charge in [0.05, 0.1) is 18.5 Å². The number of nitrogens with one attached hydrogen (secondary N) is 1. The Morgan fingerprint density at radius 2 is 1.83 bits per heavy atom. The van der Waals surface area contributed by atoms with Gasteiger partial charge in [-0.3, -0.25) is 0 Å². The zero-order valence-electron chi connectivity index (χ0n) is 13.5. The second-order valence-electron chi connectivity index (χ2n) is 5.99.